The largest absolute Gasteiger partial charge is 0.344 e. The molecule has 0 aromatic carbocycles. The minimum atomic E-state index is -3.36. The molecule has 0 saturated carbocycles. The van der Waals surface area contributed by atoms with Crippen molar-refractivity contribution in [1.29, 1.82) is 0 Å². The Bertz CT molecular complexity index is 839. The van der Waals surface area contributed by atoms with Gasteiger partial charge in [0.2, 0.25) is 28.0 Å². The standard InChI is InChI=1S/C24H54N5O7P3/c1-22(2)16-29(17-23(3)4)24(30)18-25-8-10-26(19-37(5,31)32)12-14-28(21-39(7,35)36)15-13-27(11-9-25)20-38(6,33)34/h22-23H,8-21H2,1-7H3,(H,31,32)(H,33,34)(H,35,36). The molecule has 1 heterocycles. The predicted octanol–water partition coefficient (Wildman–Crippen LogP) is 1.92. The number of carbonyl (C=O) groups excluding carboxylic acids is 1. The molecule has 3 unspecified atom stereocenters. The zero-order valence-electron chi connectivity index (χ0n) is 25.1. The summed E-state index contributed by atoms with van der Waals surface area (Å²) in [5.74, 6) is 0.690. The lowest BCUT2D eigenvalue weighted by Crippen LogP contribution is -2.49. The fraction of sp³-hybridized carbons (Fsp3) is 0.958. The van der Waals surface area contributed by atoms with Crippen molar-refractivity contribution in [3.05, 3.63) is 0 Å². The first-order valence-electron chi connectivity index (χ1n) is 13.8. The van der Waals surface area contributed by atoms with Crippen LogP contribution in [0.1, 0.15) is 27.7 Å². The Morgan fingerprint density at radius 2 is 0.872 bits per heavy atom. The van der Waals surface area contributed by atoms with Gasteiger partial charge >= 0.3 is 0 Å². The Labute approximate surface area is 236 Å². The number of carbonyl (C=O) groups is 1. The summed E-state index contributed by atoms with van der Waals surface area (Å²) in [7, 11) is -10.1. The minimum absolute atomic E-state index is 0.00594. The van der Waals surface area contributed by atoms with Crippen LogP contribution in [0.4, 0.5) is 0 Å². The van der Waals surface area contributed by atoms with Gasteiger partial charge in [-0.3, -0.25) is 38.1 Å². The predicted molar refractivity (Wildman–Crippen MR) is 159 cm³/mol. The molecule has 1 saturated heterocycles. The Kier molecular flexibility index (Phi) is 15.6. The first-order chi connectivity index (χ1) is 17.7. The van der Waals surface area contributed by atoms with Crippen LogP contribution in [0.5, 0.6) is 0 Å². The third kappa shape index (κ3) is 18.8. The van der Waals surface area contributed by atoms with Crippen LogP contribution in [0, 0.1) is 11.8 Å². The highest BCUT2D eigenvalue weighted by atomic mass is 31.2. The van der Waals surface area contributed by atoms with Crippen molar-refractivity contribution >= 4 is 28.0 Å². The first kappa shape index (κ1) is 36.9. The quantitative estimate of drug-likeness (QED) is 0.276. The molecule has 12 nitrogen and oxygen atoms in total. The molecule has 0 spiro atoms. The molecule has 3 atom stereocenters. The number of nitrogens with zero attached hydrogens (tertiary/aromatic N) is 5. The third-order valence-electron chi connectivity index (χ3n) is 6.20. The Morgan fingerprint density at radius 1 is 0.615 bits per heavy atom. The van der Waals surface area contributed by atoms with Gasteiger partial charge in [-0.25, -0.2) is 0 Å². The molecule has 0 aliphatic carbocycles. The van der Waals surface area contributed by atoms with Gasteiger partial charge < -0.3 is 19.6 Å². The molecule has 0 aromatic rings. The molecule has 0 bridgehead atoms. The molecule has 1 aliphatic heterocycles. The molecule has 1 amide bonds. The molecule has 1 rings (SSSR count). The molecule has 15 heteroatoms. The highest BCUT2D eigenvalue weighted by molar-refractivity contribution is 7.57. The van der Waals surface area contributed by atoms with Crippen LogP contribution in [0.15, 0.2) is 0 Å². The number of rotatable bonds is 12. The molecule has 0 radical (unpaired) electrons. The topological polar surface area (TPSA) is 145 Å². The van der Waals surface area contributed by atoms with Crippen molar-refractivity contribution < 1.29 is 33.2 Å². The van der Waals surface area contributed by atoms with E-state index >= 15 is 0 Å². The van der Waals surface area contributed by atoms with Crippen molar-refractivity contribution in [3.63, 3.8) is 0 Å². The Hall–Kier alpha value is -0.120. The molecule has 1 aliphatic rings. The summed E-state index contributed by atoms with van der Waals surface area (Å²) < 4.78 is 36.8. The van der Waals surface area contributed by atoms with Crippen molar-refractivity contribution in [2.45, 2.75) is 27.7 Å². The van der Waals surface area contributed by atoms with Crippen molar-refractivity contribution in [1.82, 2.24) is 24.5 Å². The maximum atomic E-state index is 13.4. The van der Waals surface area contributed by atoms with E-state index < -0.39 is 22.1 Å². The van der Waals surface area contributed by atoms with Crippen LogP contribution in [-0.2, 0) is 18.5 Å². The summed E-state index contributed by atoms with van der Waals surface area (Å²) in [5.41, 5.74) is 0. The highest BCUT2D eigenvalue weighted by Crippen LogP contribution is 2.38. The van der Waals surface area contributed by atoms with Gasteiger partial charge in [0.25, 0.3) is 0 Å². The molecule has 0 aromatic heterocycles. The van der Waals surface area contributed by atoms with Crippen LogP contribution in [0.25, 0.3) is 0 Å². The Morgan fingerprint density at radius 3 is 1.10 bits per heavy atom. The summed E-state index contributed by atoms with van der Waals surface area (Å²) in [6.07, 6.45) is -0.0370. The van der Waals surface area contributed by atoms with Gasteiger partial charge in [-0.2, -0.15) is 0 Å². The van der Waals surface area contributed by atoms with Gasteiger partial charge in [0.15, 0.2) is 0 Å². The van der Waals surface area contributed by atoms with Crippen molar-refractivity contribution in [2.24, 2.45) is 11.8 Å². The van der Waals surface area contributed by atoms with E-state index in [2.05, 4.69) is 27.7 Å². The monoisotopic (exact) mass is 617 g/mol. The van der Waals surface area contributed by atoms with E-state index in [0.29, 0.717) is 77.3 Å². The summed E-state index contributed by atoms with van der Waals surface area (Å²) in [6, 6.07) is 0. The fourth-order valence-electron chi connectivity index (χ4n) is 4.73. The highest BCUT2D eigenvalue weighted by Gasteiger charge is 2.26. The van der Waals surface area contributed by atoms with Crippen molar-refractivity contribution in [2.75, 3.05) is 111 Å². The van der Waals surface area contributed by atoms with E-state index in [4.69, 9.17) is 0 Å². The lowest BCUT2D eigenvalue weighted by molar-refractivity contribution is -0.133. The second-order valence-corrected chi connectivity index (χ2v) is 19.4. The fourth-order valence-corrected chi connectivity index (χ4v) is 7.80. The minimum Gasteiger partial charge on any atom is -0.344 e. The first-order valence-corrected chi connectivity index (χ1v) is 20.6. The van der Waals surface area contributed by atoms with Gasteiger partial charge in [0.05, 0.1) is 25.4 Å². The summed E-state index contributed by atoms with van der Waals surface area (Å²) in [6.45, 7) is 17.3. The molecule has 1 fully saturated rings. The summed E-state index contributed by atoms with van der Waals surface area (Å²) in [4.78, 5) is 53.1. The number of amides is 1. The second-order valence-electron chi connectivity index (χ2n) is 12.3. The smallest absolute Gasteiger partial charge is 0.236 e. The van der Waals surface area contributed by atoms with E-state index in [-0.39, 0.29) is 31.3 Å². The normalized spacial score (nSPS) is 23.0. The molecule has 232 valence electrons. The molecular weight excluding hydrogens is 563 g/mol. The Balaban J connectivity index is 3.19. The zero-order chi connectivity index (χ0) is 30.0. The van der Waals surface area contributed by atoms with Crippen LogP contribution in [0.2, 0.25) is 0 Å². The summed E-state index contributed by atoms with van der Waals surface area (Å²) in [5, 5.41) is 0. The maximum absolute atomic E-state index is 13.4. The number of hydrogen-bond donors (Lipinski definition) is 3. The molecular formula is C24H54N5O7P3. The van der Waals surface area contributed by atoms with Gasteiger partial charge in [-0.05, 0) is 11.8 Å². The van der Waals surface area contributed by atoms with Gasteiger partial charge in [-0.15, -0.1) is 0 Å². The molecule has 3 N–H and O–H groups in total. The molecule has 39 heavy (non-hydrogen) atoms. The van der Waals surface area contributed by atoms with Crippen LogP contribution >= 0.6 is 22.1 Å². The lowest BCUT2D eigenvalue weighted by Gasteiger charge is -2.35. The van der Waals surface area contributed by atoms with E-state index in [1.54, 1.807) is 0 Å². The summed E-state index contributed by atoms with van der Waals surface area (Å²) >= 11 is 0. The SMILES string of the molecule is CC(C)CN(CC(C)C)C(=O)CN1CCN(CP(C)(=O)O)CCN(CP(C)(=O)O)CCN(CP(C)(=O)O)CC1. The van der Waals surface area contributed by atoms with Crippen molar-refractivity contribution in [3.8, 4) is 0 Å². The second kappa shape index (κ2) is 16.5. The van der Waals surface area contributed by atoms with Gasteiger partial charge in [0.1, 0.15) is 0 Å². The van der Waals surface area contributed by atoms with E-state index in [1.165, 1.54) is 20.0 Å². The van der Waals surface area contributed by atoms with Crippen LogP contribution in [0.3, 0.4) is 0 Å². The van der Waals surface area contributed by atoms with E-state index in [0.717, 1.165) is 0 Å². The van der Waals surface area contributed by atoms with Gasteiger partial charge in [-0.1, -0.05) is 27.7 Å². The maximum Gasteiger partial charge on any atom is 0.236 e. The lowest BCUT2D eigenvalue weighted by atomic mass is 10.1. The number of hydrogen-bond acceptors (Lipinski definition) is 8. The average molecular weight is 618 g/mol. The van der Waals surface area contributed by atoms with Gasteiger partial charge in [0, 0.05) is 85.4 Å². The van der Waals surface area contributed by atoms with Crippen LogP contribution < -0.4 is 0 Å². The van der Waals surface area contributed by atoms with E-state index in [1.807, 2.05) is 24.5 Å². The zero-order valence-corrected chi connectivity index (χ0v) is 27.8. The third-order valence-corrected chi connectivity index (χ3v) is 8.97. The van der Waals surface area contributed by atoms with Crippen LogP contribution in [-0.4, -0.2) is 156 Å². The van der Waals surface area contributed by atoms with E-state index in [9.17, 15) is 33.2 Å². The average Bonchev–Trinajstić information content (AvgIpc) is 2.71.